The molecule has 0 bridgehead atoms. The molecule has 32 heavy (non-hydrogen) atoms. The van der Waals surface area contributed by atoms with Gasteiger partial charge < -0.3 is 0 Å². The van der Waals surface area contributed by atoms with Crippen molar-refractivity contribution in [1.82, 2.24) is 0 Å². The molecule has 1 radical (unpaired) electrons. The van der Waals surface area contributed by atoms with E-state index >= 15 is 0 Å². The molecule has 0 unspecified atom stereocenters. The Balaban J connectivity index is 2.98. The van der Waals surface area contributed by atoms with E-state index in [-0.39, 0.29) is 0 Å². The predicted octanol–water partition coefficient (Wildman–Crippen LogP) is 12.5. The second kappa shape index (κ2) is 31.0. The van der Waals surface area contributed by atoms with Gasteiger partial charge in [0.25, 0.3) is 0 Å². The first-order valence-corrected chi connectivity index (χ1v) is 15.7. The van der Waals surface area contributed by atoms with Crippen molar-refractivity contribution in [1.29, 1.82) is 0 Å². The summed E-state index contributed by atoms with van der Waals surface area (Å²) in [5.41, 5.74) is 0. The van der Waals surface area contributed by atoms with E-state index in [0.29, 0.717) is 0 Å². The molecule has 0 heterocycles. The number of hydrogen-bond acceptors (Lipinski definition) is 0. The molecule has 0 fully saturated rings. The molecule has 0 rings (SSSR count). The number of rotatable bonds is 29. The lowest BCUT2D eigenvalue weighted by atomic mass is 10.0. The van der Waals surface area contributed by atoms with E-state index in [1.807, 2.05) is 0 Å². The highest BCUT2D eigenvalue weighted by molar-refractivity contribution is 4.60. The van der Waals surface area contributed by atoms with Gasteiger partial charge >= 0.3 is 0 Å². The SMILES string of the molecule is CC[CH]CCCCCCCCCCCCCCCCCCCCCCCCCCCCC. The van der Waals surface area contributed by atoms with Gasteiger partial charge in [-0.15, -0.1) is 0 Å². The Kier molecular flexibility index (Phi) is 31.0. The Morgan fingerprint density at radius 3 is 0.719 bits per heavy atom. The average Bonchev–Trinajstić information content (AvgIpc) is 2.81. The Morgan fingerprint density at radius 2 is 0.500 bits per heavy atom. The topological polar surface area (TPSA) is 0 Å². The molecular formula is C32H65. The van der Waals surface area contributed by atoms with Gasteiger partial charge in [0.05, 0.1) is 0 Å². The van der Waals surface area contributed by atoms with Gasteiger partial charge in [0.1, 0.15) is 0 Å². The Labute approximate surface area is 206 Å². The molecule has 0 aromatic rings. The molecule has 0 nitrogen and oxygen atoms in total. The first-order chi connectivity index (χ1) is 15.9. The van der Waals surface area contributed by atoms with Crippen LogP contribution in [-0.4, -0.2) is 0 Å². The average molecular weight is 450 g/mol. The van der Waals surface area contributed by atoms with Gasteiger partial charge in [-0.3, -0.25) is 0 Å². The quantitative estimate of drug-likeness (QED) is 0.0995. The lowest BCUT2D eigenvalue weighted by Gasteiger charge is -2.04. The molecule has 0 aliphatic rings. The number of unbranched alkanes of at least 4 members (excludes halogenated alkanes) is 29. The van der Waals surface area contributed by atoms with Crippen LogP contribution in [0, 0.1) is 6.42 Å². The summed E-state index contributed by atoms with van der Waals surface area (Å²) in [5.74, 6) is 0. The first-order valence-electron chi connectivity index (χ1n) is 15.7. The van der Waals surface area contributed by atoms with E-state index in [4.69, 9.17) is 0 Å². The van der Waals surface area contributed by atoms with Crippen molar-refractivity contribution in [3.63, 3.8) is 0 Å². The molecule has 0 aromatic heterocycles. The molecule has 0 saturated heterocycles. The van der Waals surface area contributed by atoms with Gasteiger partial charge in [-0.25, -0.2) is 0 Å². The third kappa shape index (κ3) is 30.0. The zero-order valence-corrected chi connectivity index (χ0v) is 23.1. The minimum Gasteiger partial charge on any atom is -0.0654 e. The van der Waals surface area contributed by atoms with Crippen molar-refractivity contribution < 1.29 is 0 Å². The van der Waals surface area contributed by atoms with E-state index in [0.717, 1.165) is 0 Å². The minimum atomic E-state index is 1.25. The van der Waals surface area contributed by atoms with Gasteiger partial charge in [-0.2, -0.15) is 0 Å². The van der Waals surface area contributed by atoms with E-state index < -0.39 is 0 Å². The summed E-state index contributed by atoms with van der Waals surface area (Å²) in [6.45, 7) is 4.56. The standard InChI is InChI=1S/C32H65/c1-3-5-7-9-11-13-15-17-19-21-23-25-27-29-31-32-30-28-26-24-22-20-18-16-14-12-10-8-6-4-2/h5H,3-4,6-32H2,1-2H3. The van der Waals surface area contributed by atoms with Gasteiger partial charge in [0, 0.05) is 0 Å². The molecule has 0 heteroatoms. The summed E-state index contributed by atoms with van der Waals surface area (Å²) in [6, 6.07) is 0. The Hall–Kier alpha value is 0. The van der Waals surface area contributed by atoms with Crippen LogP contribution in [-0.2, 0) is 0 Å². The first kappa shape index (κ1) is 32.0. The Bertz CT molecular complexity index is 264. The van der Waals surface area contributed by atoms with E-state index in [1.54, 1.807) is 0 Å². The molecule has 0 amide bonds. The van der Waals surface area contributed by atoms with Crippen LogP contribution >= 0.6 is 0 Å². The summed E-state index contributed by atoms with van der Waals surface area (Å²) >= 11 is 0. The van der Waals surface area contributed by atoms with E-state index in [9.17, 15) is 0 Å². The van der Waals surface area contributed by atoms with Crippen LogP contribution in [0.25, 0.3) is 0 Å². The lowest BCUT2D eigenvalue weighted by Crippen LogP contribution is -1.85. The maximum absolute atomic E-state index is 2.43. The normalized spacial score (nSPS) is 11.4. The van der Waals surface area contributed by atoms with Crippen LogP contribution in [0.4, 0.5) is 0 Å². The second-order valence-corrected chi connectivity index (χ2v) is 10.7. The van der Waals surface area contributed by atoms with Crippen LogP contribution in [0.15, 0.2) is 0 Å². The molecule has 0 aliphatic heterocycles. The molecule has 193 valence electrons. The summed E-state index contributed by atoms with van der Waals surface area (Å²) in [7, 11) is 0. The predicted molar refractivity (Wildman–Crippen MR) is 150 cm³/mol. The highest BCUT2D eigenvalue weighted by Gasteiger charge is 1.96. The van der Waals surface area contributed by atoms with Crippen molar-refractivity contribution in [2.75, 3.05) is 0 Å². The monoisotopic (exact) mass is 450 g/mol. The van der Waals surface area contributed by atoms with E-state index in [1.165, 1.54) is 186 Å². The van der Waals surface area contributed by atoms with E-state index in [2.05, 4.69) is 20.3 Å². The van der Waals surface area contributed by atoms with Gasteiger partial charge in [0.2, 0.25) is 0 Å². The van der Waals surface area contributed by atoms with Crippen molar-refractivity contribution in [3.8, 4) is 0 Å². The van der Waals surface area contributed by atoms with Gasteiger partial charge in [0.15, 0.2) is 0 Å². The van der Waals surface area contributed by atoms with Crippen LogP contribution in [0.2, 0.25) is 0 Å². The van der Waals surface area contributed by atoms with Crippen LogP contribution in [0.3, 0.4) is 0 Å². The zero-order valence-electron chi connectivity index (χ0n) is 23.1. The zero-order chi connectivity index (χ0) is 23.2. The third-order valence-corrected chi connectivity index (χ3v) is 7.30. The maximum Gasteiger partial charge on any atom is -0.0389 e. The van der Waals surface area contributed by atoms with Crippen molar-refractivity contribution >= 4 is 0 Å². The van der Waals surface area contributed by atoms with Gasteiger partial charge in [-0.1, -0.05) is 200 Å². The minimum absolute atomic E-state index is 1.25. The molecule has 0 saturated carbocycles. The fraction of sp³-hybridized carbons (Fsp3) is 0.969. The lowest BCUT2D eigenvalue weighted by molar-refractivity contribution is 0.514. The largest absolute Gasteiger partial charge is 0.0654 e. The smallest absolute Gasteiger partial charge is 0.0389 e. The molecule has 0 aromatic carbocycles. The Morgan fingerprint density at radius 1 is 0.281 bits per heavy atom. The highest BCUT2D eigenvalue weighted by atomic mass is 14.0. The number of hydrogen-bond donors (Lipinski definition) is 0. The summed E-state index contributed by atoms with van der Waals surface area (Å²) in [4.78, 5) is 0. The molecular weight excluding hydrogens is 384 g/mol. The summed E-state index contributed by atoms with van der Waals surface area (Å²) in [5, 5.41) is 0. The van der Waals surface area contributed by atoms with Crippen molar-refractivity contribution in [2.45, 2.75) is 200 Å². The van der Waals surface area contributed by atoms with Crippen LogP contribution < -0.4 is 0 Å². The fourth-order valence-corrected chi connectivity index (χ4v) is 4.99. The van der Waals surface area contributed by atoms with Crippen molar-refractivity contribution in [3.05, 3.63) is 6.42 Å². The second-order valence-electron chi connectivity index (χ2n) is 10.7. The molecule has 0 aliphatic carbocycles. The molecule has 0 atom stereocenters. The third-order valence-electron chi connectivity index (χ3n) is 7.30. The summed E-state index contributed by atoms with van der Waals surface area (Å²) < 4.78 is 0. The summed E-state index contributed by atoms with van der Waals surface area (Å²) in [6.07, 6.45) is 44.9. The maximum atomic E-state index is 2.43. The van der Waals surface area contributed by atoms with Crippen molar-refractivity contribution in [2.24, 2.45) is 0 Å². The molecule has 0 N–H and O–H groups in total. The fourth-order valence-electron chi connectivity index (χ4n) is 4.99. The van der Waals surface area contributed by atoms with Crippen LogP contribution in [0.5, 0.6) is 0 Å². The molecule has 0 spiro atoms. The van der Waals surface area contributed by atoms with Gasteiger partial charge in [-0.05, 0) is 6.42 Å². The van der Waals surface area contributed by atoms with Crippen LogP contribution in [0.1, 0.15) is 200 Å². The highest BCUT2D eigenvalue weighted by Crippen LogP contribution is 2.16.